The number of ether oxygens (including phenoxy) is 2. The van der Waals surface area contributed by atoms with E-state index < -0.39 is 12.1 Å². The van der Waals surface area contributed by atoms with Crippen LogP contribution in [0.4, 0.5) is 0 Å². The average molecular weight is 578 g/mol. The summed E-state index contributed by atoms with van der Waals surface area (Å²) in [6, 6.07) is 17.5. The molecular formula is C32H43N5O5. The molecular weight excluding hydrogens is 534 g/mol. The summed E-state index contributed by atoms with van der Waals surface area (Å²) in [6.07, 6.45) is 1.77. The van der Waals surface area contributed by atoms with E-state index in [0.717, 1.165) is 24.1 Å². The van der Waals surface area contributed by atoms with Crippen LogP contribution in [0.2, 0.25) is 0 Å². The summed E-state index contributed by atoms with van der Waals surface area (Å²) < 4.78 is 14.4. The summed E-state index contributed by atoms with van der Waals surface area (Å²) in [5.41, 5.74) is 9.62. The van der Waals surface area contributed by atoms with Crippen molar-refractivity contribution in [1.29, 1.82) is 0 Å². The normalized spacial score (nSPS) is 12.4. The number of fused-ring (bicyclic) bond motifs is 1. The molecule has 4 aromatic rings. The van der Waals surface area contributed by atoms with Gasteiger partial charge >= 0.3 is 5.97 Å². The molecule has 226 valence electrons. The van der Waals surface area contributed by atoms with E-state index >= 15 is 0 Å². The Morgan fingerprint density at radius 2 is 1.76 bits per heavy atom. The number of benzene rings is 2. The highest BCUT2D eigenvalue weighted by Crippen LogP contribution is 2.17. The molecule has 0 radical (unpaired) electrons. The largest absolute Gasteiger partial charge is 0.492 e. The first kappa shape index (κ1) is 32.5. The molecule has 0 aliphatic heterocycles. The number of hydrogen-bond donors (Lipinski definition) is 2. The summed E-state index contributed by atoms with van der Waals surface area (Å²) >= 11 is 0. The monoisotopic (exact) mass is 577 g/mol. The maximum Gasteiger partial charge on any atom is 0.333 e. The zero-order valence-electron chi connectivity index (χ0n) is 25.2. The predicted molar refractivity (Wildman–Crippen MR) is 164 cm³/mol. The van der Waals surface area contributed by atoms with Crippen molar-refractivity contribution in [3.63, 3.8) is 0 Å². The number of rotatable bonds is 13. The van der Waals surface area contributed by atoms with Crippen LogP contribution in [0, 0.1) is 0 Å². The molecule has 0 saturated heterocycles. The van der Waals surface area contributed by atoms with Gasteiger partial charge in [0, 0.05) is 32.5 Å². The Morgan fingerprint density at radius 3 is 2.31 bits per heavy atom. The zero-order chi connectivity index (χ0) is 30.6. The Labute approximate surface area is 247 Å². The van der Waals surface area contributed by atoms with Crippen LogP contribution in [0.15, 0.2) is 59.4 Å². The molecule has 0 amide bonds. The van der Waals surface area contributed by atoms with Gasteiger partial charge in [-0.2, -0.15) is 5.10 Å². The second-order valence-electron chi connectivity index (χ2n) is 10.0. The fourth-order valence-corrected chi connectivity index (χ4v) is 4.63. The first-order chi connectivity index (χ1) is 20.2. The fraction of sp³-hybridized carbons (Fsp3) is 0.438. The lowest BCUT2D eigenvalue weighted by Crippen LogP contribution is -2.28. The molecule has 2 aromatic heterocycles. The number of aryl methyl sites for hydroxylation is 3. The second kappa shape index (κ2) is 15.8. The molecule has 0 saturated carbocycles. The lowest BCUT2D eigenvalue weighted by atomic mass is 10.1. The number of carboxylic acid groups (broad SMARTS) is 1. The highest BCUT2D eigenvalue weighted by atomic mass is 16.5. The molecule has 2 heterocycles. The molecule has 0 bridgehead atoms. The van der Waals surface area contributed by atoms with Crippen LogP contribution >= 0.6 is 0 Å². The molecule has 0 spiro atoms. The van der Waals surface area contributed by atoms with Crippen LogP contribution in [0.1, 0.15) is 62.8 Å². The summed E-state index contributed by atoms with van der Waals surface area (Å²) in [5, 5.41) is 13.7. The zero-order valence-corrected chi connectivity index (χ0v) is 25.2. The quantitative estimate of drug-likeness (QED) is 0.238. The highest BCUT2D eigenvalue weighted by molar-refractivity contribution is 5.76. The fourth-order valence-electron chi connectivity index (χ4n) is 4.63. The van der Waals surface area contributed by atoms with Crippen LogP contribution in [0.25, 0.3) is 11.0 Å². The van der Waals surface area contributed by atoms with E-state index in [4.69, 9.17) is 20.2 Å². The Hall–Kier alpha value is -4.02. The summed E-state index contributed by atoms with van der Waals surface area (Å²) in [7, 11) is 1.78. The van der Waals surface area contributed by atoms with Crippen molar-refractivity contribution >= 4 is 17.0 Å². The smallest absolute Gasteiger partial charge is 0.333 e. The summed E-state index contributed by atoms with van der Waals surface area (Å²) in [6.45, 7) is 8.82. The molecule has 3 N–H and O–H groups in total. The molecule has 0 aliphatic carbocycles. The Morgan fingerprint density at radius 1 is 1.07 bits per heavy atom. The minimum absolute atomic E-state index is 0.108. The SMILES string of the molecule is CC(N)c1ccccc1.CCCc1nn(C)c2c(=O)n(CCOc3ccc(C[C@@H](OCC)C(=O)O)cc3)c(CC)nc12. The van der Waals surface area contributed by atoms with Crippen molar-refractivity contribution in [3.8, 4) is 5.75 Å². The lowest BCUT2D eigenvalue weighted by Gasteiger charge is -2.14. The average Bonchev–Trinajstić information content (AvgIpc) is 3.30. The van der Waals surface area contributed by atoms with Crippen molar-refractivity contribution in [2.45, 2.75) is 72.1 Å². The van der Waals surface area contributed by atoms with Gasteiger partial charge in [0.2, 0.25) is 0 Å². The van der Waals surface area contributed by atoms with E-state index in [2.05, 4.69) is 12.0 Å². The van der Waals surface area contributed by atoms with Crippen LogP contribution in [-0.2, 0) is 42.4 Å². The maximum atomic E-state index is 13.2. The van der Waals surface area contributed by atoms with Crippen LogP contribution in [-0.4, -0.2) is 49.7 Å². The van der Waals surface area contributed by atoms with Gasteiger partial charge in [0.1, 0.15) is 23.7 Å². The van der Waals surface area contributed by atoms with Crippen molar-refractivity contribution in [3.05, 3.63) is 87.6 Å². The van der Waals surface area contributed by atoms with Gasteiger partial charge in [-0.25, -0.2) is 9.78 Å². The minimum atomic E-state index is -0.977. The number of carboxylic acids is 1. The molecule has 4 rings (SSSR count). The standard InChI is InChI=1S/C24H32N4O5.C8H11N/c1-5-8-18-21-22(27(4)26-18)23(29)28(20(6-2)25-21)13-14-33-17-11-9-16(10-12-17)15-19(24(30)31)32-7-3;1-7(9)8-5-3-2-4-6-8/h9-12,19H,5-8,13-15H2,1-4H3,(H,30,31);2-7H,9H2,1H3/t19-;/m1./s1. The summed E-state index contributed by atoms with van der Waals surface area (Å²) in [4.78, 5) is 29.2. The molecule has 1 unspecified atom stereocenters. The topological polar surface area (TPSA) is 134 Å². The number of carbonyl (C=O) groups is 1. The van der Waals surface area contributed by atoms with Crippen molar-refractivity contribution < 1.29 is 19.4 Å². The van der Waals surface area contributed by atoms with Gasteiger partial charge in [0.15, 0.2) is 11.6 Å². The third-order valence-corrected chi connectivity index (χ3v) is 6.79. The van der Waals surface area contributed by atoms with Crippen LogP contribution in [0.3, 0.4) is 0 Å². The van der Waals surface area contributed by atoms with Gasteiger partial charge in [-0.3, -0.25) is 14.0 Å². The highest BCUT2D eigenvalue weighted by Gasteiger charge is 2.19. The van der Waals surface area contributed by atoms with E-state index in [1.807, 2.05) is 56.3 Å². The number of nitrogens with two attached hydrogens (primary N) is 1. The minimum Gasteiger partial charge on any atom is -0.492 e. The molecule has 0 aliphatic rings. The van der Waals surface area contributed by atoms with Crippen LogP contribution < -0.4 is 16.0 Å². The van der Waals surface area contributed by atoms with Gasteiger partial charge in [-0.15, -0.1) is 0 Å². The van der Waals surface area contributed by atoms with E-state index in [-0.39, 0.29) is 18.0 Å². The summed E-state index contributed by atoms with van der Waals surface area (Å²) in [5.74, 6) is 0.385. The van der Waals surface area contributed by atoms with Gasteiger partial charge in [0.05, 0.1) is 12.2 Å². The molecule has 2 atom stereocenters. The Kier molecular flexibility index (Phi) is 12.3. The Balaban J connectivity index is 0.000000458. The van der Waals surface area contributed by atoms with E-state index in [9.17, 15) is 14.7 Å². The van der Waals surface area contributed by atoms with Crippen LogP contribution in [0.5, 0.6) is 5.75 Å². The third kappa shape index (κ3) is 8.50. The van der Waals surface area contributed by atoms with E-state index in [1.165, 1.54) is 5.56 Å². The molecule has 10 nitrogen and oxygen atoms in total. The first-order valence-electron chi connectivity index (χ1n) is 14.5. The molecule has 2 aromatic carbocycles. The van der Waals surface area contributed by atoms with E-state index in [1.54, 1.807) is 35.4 Å². The molecule has 42 heavy (non-hydrogen) atoms. The number of hydrogen-bond acceptors (Lipinski definition) is 7. The maximum absolute atomic E-state index is 13.2. The number of aromatic nitrogens is 4. The number of aliphatic carboxylic acids is 1. The Bertz CT molecular complexity index is 1480. The predicted octanol–water partition coefficient (Wildman–Crippen LogP) is 4.46. The third-order valence-electron chi connectivity index (χ3n) is 6.79. The van der Waals surface area contributed by atoms with Gasteiger partial charge in [-0.1, -0.05) is 62.7 Å². The molecule has 0 fully saturated rings. The lowest BCUT2D eigenvalue weighted by molar-refractivity contribution is -0.149. The first-order valence-corrected chi connectivity index (χ1v) is 14.5. The number of nitrogens with zero attached hydrogens (tertiary/aromatic N) is 4. The van der Waals surface area contributed by atoms with Gasteiger partial charge < -0.3 is 20.3 Å². The van der Waals surface area contributed by atoms with Gasteiger partial charge in [0.25, 0.3) is 5.56 Å². The molecule has 10 heteroatoms. The van der Waals surface area contributed by atoms with E-state index in [0.29, 0.717) is 48.8 Å². The van der Waals surface area contributed by atoms with Crippen molar-refractivity contribution in [2.75, 3.05) is 13.2 Å². The van der Waals surface area contributed by atoms with Crippen molar-refractivity contribution in [1.82, 2.24) is 19.3 Å². The van der Waals surface area contributed by atoms with Gasteiger partial charge in [-0.05, 0) is 43.5 Å². The van der Waals surface area contributed by atoms with Crippen molar-refractivity contribution in [2.24, 2.45) is 12.8 Å². The second-order valence-corrected chi connectivity index (χ2v) is 10.0.